The zero-order chi connectivity index (χ0) is 20.6. The molecule has 0 aromatic heterocycles. The fraction of sp³-hybridized carbons (Fsp3) is 0.545. The summed E-state index contributed by atoms with van der Waals surface area (Å²) >= 11 is 0. The molecule has 0 saturated heterocycles. The number of hydrogen-bond acceptors (Lipinski definition) is 5. The Labute approximate surface area is 169 Å². The Morgan fingerprint density at radius 1 is 1.21 bits per heavy atom. The van der Waals surface area contributed by atoms with E-state index in [4.69, 9.17) is 4.74 Å². The zero-order valence-corrected chi connectivity index (χ0v) is 16.5. The first-order chi connectivity index (χ1) is 13.8. The minimum atomic E-state index is -0.884. The third-order valence-electron chi connectivity index (χ3n) is 6.58. The highest BCUT2D eigenvalue weighted by Gasteiger charge is 2.51. The molecule has 1 N–H and O–H groups in total. The largest absolute Gasteiger partial charge is 0.449 e. The number of esters is 1. The second-order valence-electron chi connectivity index (χ2n) is 8.95. The van der Waals surface area contributed by atoms with Gasteiger partial charge in [-0.15, -0.1) is 0 Å². The Hall–Kier alpha value is -2.70. The average Bonchev–Trinajstić information content (AvgIpc) is 2.65. The van der Waals surface area contributed by atoms with Crippen molar-refractivity contribution in [1.82, 2.24) is 5.32 Å². The number of carbonyl (C=O) groups excluding carboxylic acids is 2. The molecule has 5 rings (SSSR count). The first kappa shape index (κ1) is 19.6. The summed E-state index contributed by atoms with van der Waals surface area (Å²) in [4.78, 5) is 35.1. The minimum absolute atomic E-state index is 0.0520. The Morgan fingerprint density at radius 2 is 1.83 bits per heavy atom. The number of nitro groups is 1. The van der Waals surface area contributed by atoms with E-state index in [-0.39, 0.29) is 17.1 Å². The van der Waals surface area contributed by atoms with E-state index >= 15 is 0 Å². The lowest BCUT2D eigenvalue weighted by molar-refractivity contribution is -0.384. The highest BCUT2D eigenvalue weighted by molar-refractivity contribution is 5.90. The van der Waals surface area contributed by atoms with Crippen LogP contribution in [0.1, 0.15) is 51.0 Å². The summed E-state index contributed by atoms with van der Waals surface area (Å²) in [6, 6.07) is 5.95. The van der Waals surface area contributed by atoms with Crippen LogP contribution in [0.15, 0.2) is 30.3 Å². The van der Waals surface area contributed by atoms with Crippen LogP contribution in [0.3, 0.4) is 0 Å². The van der Waals surface area contributed by atoms with Crippen LogP contribution in [0.4, 0.5) is 5.69 Å². The fourth-order valence-corrected chi connectivity index (χ4v) is 5.80. The van der Waals surface area contributed by atoms with Gasteiger partial charge in [0, 0.05) is 23.7 Å². The van der Waals surface area contributed by atoms with Gasteiger partial charge in [0.1, 0.15) is 0 Å². The summed E-state index contributed by atoms with van der Waals surface area (Å²) in [5.41, 5.74) is 0.344. The van der Waals surface area contributed by atoms with Crippen LogP contribution < -0.4 is 5.32 Å². The van der Waals surface area contributed by atoms with Crippen LogP contribution in [-0.4, -0.2) is 28.4 Å². The number of carbonyl (C=O) groups is 2. The number of benzene rings is 1. The van der Waals surface area contributed by atoms with Crippen molar-refractivity contribution in [1.29, 1.82) is 0 Å². The highest BCUT2D eigenvalue weighted by atomic mass is 16.6. The Morgan fingerprint density at radius 3 is 2.41 bits per heavy atom. The molecular formula is C22H26N2O5. The van der Waals surface area contributed by atoms with Gasteiger partial charge >= 0.3 is 5.97 Å². The molecule has 1 aromatic carbocycles. The van der Waals surface area contributed by atoms with E-state index in [0.29, 0.717) is 5.56 Å². The van der Waals surface area contributed by atoms with E-state index < -0.39 is 17.0 Å². The average molecular weight is 398 g/mol. The van der Waals surface area contributed by atoms with Crippen LogP contribution in [0.25, 0.3) is 6.08 Å². The molecule has 7 nitrogen and oxygen atoms in total. The molecule has 154 valence electrons. The van der Waals surface area contributed by atoms with Crippen molar-refractivity contribution >= 4 is 23.6 Å². The summed E-state index contributed by atoms with van der Waals surface area (Å²) in [5, 5.41) is 14.0. The van der Waals surface area contributed by atoms with Gasteiger partial charge in [-0.2, -0.15) is 0 Å². The molecule has 4 saturated carbocycles. The van der Waals surface area contributed by atoms with Gasteiger partial charge in [0.2, 0.25) is 0 Å². The van der Waals surface area contributed by atoms with E-state index in [2.05, 4.69) is 5.32 Å². The van der Waals surface area contributed by atoms with Crippen molar-refractivity contribution in [2.45, 2.75) is 57.1 Å². The Bertz CT molecular complexity index is 827. The first-order valence-corrected chi connectivity index (χ1v) is 10.3. The molecule has 0 spiro atoms. The van der Waals surface area contributed by atoms with Gasteiger partial charge in [-0.3, -0.25) is 14.9 Å². The summed E-state index contributed by atoms with van der Waals surface area (Å²) in [6.45, 7) is 1.58. The molecule has 4 aliphatic rings. The van der Waals surface area contributed by atoms with Crippen molar-refractivity contribution in [3.8, 4) is 0 Å². The predicted octanol–water partition coefficient (Wildman–Crippen LogP) is 3.62. The van der Waals surface area contributed by atoms with Gasteiger partial charge in [-0.1, -0.05) is 12.1 Å². The molecule has 1 atom stereocenters. The molecule has 7 heteroatoms. The van der Waals surface area contributed by atoms with E-state index in [1.165, 1.54) is 43.5 Å². The van der Waals surface area contributed by atoms with Gasteiger partial charge in [-0.25, -0.2) is 4.79 Å². The van der Waals surface area contributed by atoms with Gasteiger partial charge < -0.3 is 10.1 Å². The SMILES string of the molecule is CC(OC(=O)C=Cc1cccc([N+](=O)[O-])c1)C(=O)NC12CC3CC(CC(C3)C1)C2. The van der Waals surface area contributed by atoms with Gasteiger partial charge in [0.15, 0.2) is 6.10 Å². The monoisotopic (exact) mass is 398 g/mol. The summed E-state index contributed by atoms with van der Waals surface area (Å²) < 4.78 is 5.25. The molecule has 29 heavy (non-hydrogen) atoms. The Balaban J connectivity index is 1.32. The third kappa shape index (κ3) is 4.33. The lowest BCUT2D eigenvalue weighted by Crippen LogP contribution is -2.61. The smallest absolute Gasteiger partial charge is 0.331 e. The number of hydrogen-bond donors (Lipinski definition) is 1. The zero-order valence-electron chi connectivity index (χ0n) is 16.5. The van der Waals surface area contributed by atoms with E-state index in [1.54, 1.807) is 19.1 Å². The number of ether oxygens (including phenoxy) is 1. The number of amides is 1. The number of nitrogens with zero attached hydrogens (tertiary/aromatic N) is 1. The molecular weight excluding hydrogens is 372 g/mol. The fourth-order valence-electron chi connectivity index (χ4n) is 5.80. The third-order valence-corrected chi connectivity index (χ3v) is 6.58. The van der Waals surface area contributed by atoms with Gasteiger partial charge in [0.05, 0.1) is 4.92 Å². The first-order valence-electron chi connectivity index (χ1n) is 10.3. The van der Waals surface area contributed by atoms with E-state index in [9.17, 15) is 19.7 Å². The lowest BCUT2D eigenvalue weighted by Gasteiger charge is -2.57. The van der Waals surface area contributed by atoms with Crippen LogP contribution in [0.2, 0.25) is 0 Å². The molecule has 0 heterocycles. The van der Waals surface area contributed by atoms with Crippen LogP contribution in [0, 0.1) is 27.9 Å². The number of non-ortho nitro benzene ring substituents is 1. The van der Waals surface area contributed by atoms with E-state index in [0.717, 1.165) is 37.0 Å². The number of nitro benzene ring substituents is 1. The molecule has 4 aliphatic carbocycles. The standard InChI is InChI=1S/C22H26N2O5/c1-14(29-20(25)6-5-15-3-2-4-19(10-15)24(27)28)21(26)23-22-11-16-7-17(12-22)9-18(8-16)13-22/h2-6,10,14,16-18H,7-9,11-13H2,1H3,(H,23,26). The number of rotatable bonds is 6. The van der Waals surface area contributed by atoms with Crippen LogP contribution in [-0.2, 0) is 14.3 Å². The summed E-state index contributed by atoms with van der Waals surface area (Å²) in [5.74, 6) is 1.26. The normalized spacial score (nSPS) is 30.9. The van der Waals surface area contributed by atoms with Gasteiger partial charge in [0.25, 0.3) is 11.6 Å². The minimum Gasteiger partial charge on any atom is -0.449 e. The second kappa shape index (κ2) is 7.61. The molecule has 4 bridgehead atoms. The van der Waals surface area contributed by atoms with Crippen molar-refractivity contribution < 1.29 is 19.2 Å². The molecule has 1 unspecified atom stereocenters. The molecule has 4 fully saturated rings. The maximum atomic E-state index is 12.7. The summed E-state index contributed by atoms with van der Waals surface area (Å²) in [7, 11) is 0. The van der Waals surface area contributed by atoms with Crippen molar-refractivity contribution in [3.05, 3.63) is 46.0 Å². The predicted molar refractivity (Wildman–Crippen MR) is 107 cm³/mol. The van der Waals surface area contributed by atoms with Crippen molar-refractivity contribution in [2.75, 3.05) is 0 Å². The summed E-state index contributed by atoms with van der Waals surface area (Å²) in [6.07, 6.45) is 8.75. The quantitative estimate of drug-likeness (QED) is 0.341. The maximum absolute atomic E-state index is 12.7. The molecule has 0 radical (unpaired) electrons. The second-order valence-corrected chi connectivity index (χ2v) is 8.95. The molecule has 1 aromatic rings. The van der Waals surface area contributed by atoms with Crippen molar-refractivity contribution in [3.63, 3.8) is 0 Å². The Kier molecular flexibility index (Phi) is 5.15. The van der Waals surface area contributed by atoms with Crippen molar-refractivity contribution in [2.24, 2.45) is 17.8 Å². The highest BCUT2D eigenvalue weighted by Crippen LogP contribution is 2.55. The van der Waals surface area contributed by atoms with Gasteiger partial charge in [-0.05, 0) is 74.8 Å². The van der Waals surface area contributed by atoms with Crippen LogP contribution >= 0.6 is 0 Å². The van der Waals surface area contributed by atoms with Crippen LogP contribution in [0.5, 0.6) is 0 Å². The lowest BCUT2D eigenvalue weighted by atomic mass is 9.53. The molecule has 1 amide bonds. The maximum Gasteiger partial charge on any atom is 0.331 e. The topological polar surface area (TPSA) is 98.5 Å². The number of nitrogens with one attached hydrogen (secondary N) is 1. The van der Waals surface area contributed by atoms with E-state index in [1.807, 2.05) is 0 Å². The molecule has 0 aliphatic heterocycles.